The number of aliphatic carboxylic acids is 1. The Balaban J connectivity index is 2.82. The minimum atomic E-state index is -1.08. The van der Waals surface area contributed by atoms with Crippen molar-refractivity contribution in [2.75, 3.05) is 13.2 Å². The molecule has 1 aromatic carbocycles. The van der Waals surface area contributed by atoms with Crippen molar-refractivity contribution in [2.45, 2.75) is 12.5 Å². The Bertz CT molecular complexity index is 397. The first-order chi connectivity index (χ1) is 8.06. The molecule has 0 amide bonds. The summed E-state index contributed by atoms with van der Waals surface area (Å²) >= 11 is 9.11. The molecule has 17 heavy (non-hydrogen) atoms. The van der Waals surface area contributed by atoms with Gasteiger partial charge in [0.15, 0.2) is 6.10 Å². The van der Waals surface area contributed by atoms with Crippen LogP contribution < -0.4 is 0 Å². The Morgan fingerprint density at radius 2 is 2.24 bits per heavy atom. The van der Waals surface area contributed by atoms with Gasteiger partial charge in [0.25, 0.3) is 0 Å². The van der Waals surface area contributed by atoms with Crippen LogP contribution in [0.5, 0.6) is 0 Å². The van der Waals surface area contributed by atoms with Crippen molar-refractivity contribution in [3.05, 3.63) is 33.3 Å². The highest BCUT2D eigenvalue weighted by Gasteiger charge is 2.20. The Morgan fingerprint density at radius 3 is 2.76 bits per heavy atom. The van der Waals surface area contributed by atoms with E-state index in [0.717, 1.165) is 0 Å². The lowest BCUT2D eigenvalue weighted by molar-refractivity contribution is -0.151. The van der Waals surface area contributed by atoms with Gasteiger partial charge in [0.2, 0.25) is 0 Å². The second kappa shape index (κ2) is 6.96. The first kappa shape index (κ1) is 14.4. The van der Waals surface area contributed by atoms with E-state index in [1.165, 1.54) is 0 Å². The van der Waals surface area contributed by atoms with Gasteiger partial charge in [-0.2, -0.15) is 0 Å². The van der Waals surface area contributed by atoms with E-state index in [0.29, 0.717) is 21.5 Å². The average Bonchev–Trinajstić information content (AvgIpc) is 2.28. The van der Waals surface area contributed by atoms with Gasteiger partial charge in [0, 0.05) is 11.1 Å². The monoisotopic (exact) mass is 322 g/mol. The van der Waals surface area contributed by atoms with Crippen molar-refractivity contribution in [3.8, 4) is 0 Å². The highest BCUT2D eigenvalue weighted by Crippen LogP contribution is 2.27. The van der Waals surface area contributed by atoms with Crippen LogP contribution in [0.1, 0.15) is 18.1 Å². The Labute approximate surface area is 112 Å². The third-order valence-corrected chi connectivity index (χ3v) is 3.29. The van der Waals surface area contributed by atoms with Gasteiger partial charge in [-0.05, 0) is 40.0 Å². The van der Waals surface area contributed by atoms with Gasteiger partial charge < -0.3 is 14.9 Å². The molecular weight excluding hydrogens is 311 g/mol. The number of benzene rings is 1. The summed E-state index contributed by atoms with van der Waals surface area (Å²) in [5.74, 6) is -1.08. The first-order valence-electron chi connectivity index (χ1n) is 4.96. The van der Waals surface area contributed by atoms with E-state index in [4.69, 9.17) is 26.6 Å². The van der Waals surface area contributed by atoms with E-state index < -0.39 is 12.1 Å². The van der Waals surface area contributed by atoms with Gasteiger partial charge in [-0.3, -0.25) is 0 Å². The fraction of sp³-hybridized carbons (Fsp3) is 0.364. The van der Waals surface area contributed by atoms with Crippen molar-refractivity contribution in [3.63, 3.8) is 0 Å². The van der Waals surface area contributed by atoms with Crippen LogP contribution in [0.15, 0.2) is 22.7 Å². The van der Waals surface area contributed by atoms with Gasteiger partial charge in [0.05, 0.1) is 11.6 Å². The molecule has 1 aromatic rings. The topological polar surface area (TPSA) is 66.8 Å². The maximum Gasteiger partial charge on any atom is 0.337 e. The minimum Gasteiger partial charge on any atom is -0.479 e. The summed E-state index contributed by atoms with van der Waals surface area (Å²) in [6.45, 7) is 0.147. The number of aliphatic hydroxyl groups is 1. The van der Waals surface area contributed by atoms with E-state index in [1.807, 2.05) is 0 Å². The number of halogens is 2. The van der Waals surface area contributed by atoms with Crippen molar-refractivity contribution in [2.24, 2.45) is 0 Å². The van der Waals surface area contributed by atoms with Crippen LogP contribution in [0.25, 0.3) is 0 Å². The molecule has 0 bridgehead atoms. The summed E-state index contributed by atoms with van der Waals surface area (Å²) in [5, 5.41) is 18.1. The van der Waals surface area contributed by atoms with Crippen LogP contribution in [0.4, 0.5) is 0 Å². The van der Waals surface area contributed by atoms with Crippen molar-refractivity contribution in [1.29, 1.82) is 0 Å². The molecule has 0 aliphatic rings. The Kier molecular flexibility index (Phi) is 5.91. The molecule has 0 radical (unpaired) electrons. The van der Waals surface area contributed by atoms with Crippen LogP contribution in [-0.2, 0) is 9.53 Å². The summed E-state index contributed by atoms with van der Waals surface area (Å²) in [6.07, 6.45) is -0.666. The number of aliphatic hydroxyl groups excluding tert-OH is 1. The fourth-order valence-corrected chi connectivity index (χ4v) is 1.69. The van der Waals surface area contributed by atoms with Gasteiger partial charge in [0.1, 0.15) is 0 Å². The summed E-state index contributed by atoms with van der Waals surface area (Å²) in [6, 6.07) is 4.85. The minimum absolute atomic E-state index is 0.0343. The summed E-state index contributed by atoms with van der Waals surface area (Å²) < 4.78 is 5.89. The molecule has 4 nitrogen and oxygen atoms in total. The van der Waals surface area contributed by atoms with E-state index >= 15 is 0 Å². The van der Waals surface area contributed by atoms with Crippen molar-refractivity contribution < 1.29 is 19.7 Å². The SMILES string of the molecule is O=C(O)C(OCCCO)c1ccc(Br)c(Cl)c1. The molecule has 0 aliphatic carbocycles. The van der Waals surface area contributed by atoms with Crippen LogP contribution >= 0.6 is 27.5 Å². The summed E-state index contributed by atoms with van der Waals surface area (Å²) in [7, 11) is 0. The number of rotatable bonds is 6. The van der Waals surface area contributed by atoms with Crippen LogP contribution in [0.3, 0.4) is 0 Å². The van der Waals surface area contributed by atoms with E-state index in [2.05, 4.69) is 15.9 Å². The number of hydrogen-bond donors (Lipinski definition) is 2. The fourth-order valence-electron chi connectivity index (χ4n) is 1.25. The molecule has 0 spiro atoms. The molecule has 0 fully saturated rings. The summed E-state index contributed by atoms with van der Waals surface area (Å²) in [5.41, 5.74) is 0.476. The Hall–Kier alpha value is -0.620. The lowest BCUT2D eigenvalue weighted by atomic mass is 10.1. The van der Waals surface area contributed by atoms with Crippen molar-refractivity contribution in [1.82, 2.24) is 0 Å². The standard InChI is InChI=1S/C11H12BrClO4/c12-8-3-2-7(6-9(8)13)10(11(15)16)17-5-1-4-14/h2-3,6,10,14H,1,4-5H2,(H,15,16). The number of hydrogen-bond acceptors (Lipinski definition) is 3. The number of carboxylic acid groups (broad SMARTS) is 1. The zero-order chi connectivity index (χ0) is 12.8. The van der Waals surface area contributed by atoms with Crippen LogP contribution in [0, 0.1) is 0 Å². The molecule has 0 heterocycles. The Morgan fingerprint density at radius 1 is 1.53 bits per heavy atom. The van der Waals surface area contributed by atoms with Gasteiger partial charge >= 0.3 is 5.97 Å². The van der Waals surface area contributed by atoms with E-state index in [1.54, 1.807) is 18.2 Å². The van der Waals surface area contributed by atoms with E-state index in [9.17, 15) is 4.79 Å². The quantitative estimate of drug-likeness (QED) is 0.790. The highest BCUT2D eigenvalue weighted by atomic mass is 79.9. The van der Waals surface area contributed by atoms with Gasteiger partial charge in [-0.1, -0.05) is 17.7 Å². The predicted octanol–water partition coefficient (Wildman–Crippen LogP) is 2.63. The van der Waals surface area contributed by atoms with Crippen LogP contribution in [-0.4, -0.2) is 29.4 Å². The zero-order valence-corrected chi connectivity index (χ0v) is 11.2. The second-order valence-corrected chi connectivity index (χ2v) is 4.60. The highest BCUT2D eigenvalue weighted by molar-refractivity contribution is 9.10. The molecule has 94 valence electrons. The molecule has 2 N–H and O–H groups in total. The smallest absolute Gasteiger partial charge is 0.337 e. The maximum absolute atomic E-state index is 11.0. The zero-order valence-electron chi connectivity index (χ0n) is 8.90. The molecule has 1 atom stereocenters. The van der Waals surface area contributed by atoms with Gasteiger partial charge in [-0.15, -0.1) is 0 Å². The number of carbonyl (C=O) groups is 1. The number of ether oxygens (including phenoxy) is 1. The normalized spacial score (nSPS) is 12.4. The van der Waals surface area contributed by atoms with E-state index in [-0.39, 0.29) is 13.2 Å². The lowest BCUT2D eigenvalue weighted by Crippen LogP contribution is -2.16. The molecule has 0 aliphatic heterocycles. The molecule has 0 aromatic heterocycles. The molecular formula is C11H12BrClO4. The summed E-state index contributed by atoms with van der Waals surface area (Å²) in [4.78, 5) is 11.0. The molecule has 6 heteroatoms. The molecule has 1 rings (SSSR count). The second-order valence-electron chi connectivity index (χ2n) is 3.34. The predicted molar refractivity (Wildman–Crippen MR) is 67.2 cm³/mol. The average molecular weight is 324 g/mol. The van der Waals surface area contributed by atoms with Crippen LogP contribution in [0.2, 0.25) is 5.02 Å². The molecule has 1 unspecified atom stereocenters. The molecule has 0 saturated carbocycles. The third kappa shape index (κ3) is 4.27. The largest absolute Gasteiger partial charge is 0.479 e. The first-order valence-corrected chi connectivity index (χ1v) is 6.13. The third-order valence-electron chi connectivity index (χ3n) is 2.06. The molecule has 0 saturated heterocycles. The van der Waals surface area contributed by atoms with Gasteiger partial charge in [-0.25, -0.2) is 4.79 Å². The number of carboxylic acids is 1. The maximum atomic E-state index is 11.0. The lowest BCUT2D eigenvalue weighted by Gasteiger charge is -2.14. The van der Waals surface area contributed by atoms with Crippen molar-refractivity contribution >= 4 is 33.5 Å².